The predicted octanol–water partition coefficient (Wildman–Crippen LogP) is -2.30. The molecule has 0 bridgehead atoms. The van der Waals surface area contributed by atoms with Gasteiger partial charge in [-0.15, -0.1) is 11.8 Å². The second-order valence-corrected chi connectivity index (χ2v) is 10.6. The normalized spacial score (nSPS) is 19.0. The number of rotatable bonds is 10. The molecule has 2 atom stereocenters. The van der Waals surface area contributed by atoms with Crippen molar-refractivity contribution in [2.45, 2.75) is 23.1 Å². The van der Waals surface area contributed by atoms with Crippen LogP contribution in [-0.4, -0.2) is 72.8 Å². The maximum absolute atomic E-state index is 13.0. The van der Waals surface area contributed by atoms with Crippen LogP contribution >= 0.6 is 35.1 Å². The van der Waals surface area contributed by atoms with Crippen molar-refractivity contribution in [3.8, 4) is 0 Å². The van der Waals surface area contributed by atoms with Crippen molar-refractivity contribution in [1.82, 2.24) is 24.6 Å². The van der Waals surface area contributed by atoms with Crippen LogP contribution < -0.4 is 32.2 Å². The van der Waals surface area contributed by atoms with Crippen molar-refractivity contribution < 1.29 is 28.9 Å². The summed E-state index contributed by atoms with van der Waals surface area (Å²) in [5.41, 5.74) is 17.4. The minimum atomic E-state index is -1.51. The van der Waals surface area contributed by atoms with Gasteiger partial charge in [0.2, 0.25) is 23.2 Å². The molecule has 15 nitrogen and oxygen atoms in total. The Bertz CT molecular complexity index is 1380. The van der Waals surface area contributed by atoms with Gasteiger partial charge in [0.25, 0.3) is 11.8 Å². The number of nitrogens with zero attached hydrogens (tertiary/aromatic N) is 6. The summed E-state index contributed by atoms with van der Waals surface area (Å²) in [5, 5.41) is 18.2. The number of aliphatic carboxylic acids is 1. The van der Waals surface area contributed by atoms with Gasteiger partial charge < -0.3 is 37.3 Å². The monoisotopic (exact) mass is 578 g/mol. The summed E-state index contributed by atoms with van der Waals surface area (Å²) in [4.78, 5) is 52.0. The Morgan fingerprint density at radius 3 is 2.82 bits per heavy atom. The third-order valence-electron chi connectivity index (χ3n) is 5.33. The second kappa shape index (κ2) is 11.2. The lowest BCUT2D eigenvalue weighted by Gasteiger charge is -2.50. The fourth-order valence-corrected chi connectivity index (χ4v) is 6.67. The molecule has 2 aromatic heterocycles. The van der Waals surface area contributed by atoms with E-state index in [2.05, 4.69) is 31.4 Å². The first-order valence-corrected chi connectivity index (χ1v) is 13.6. The molecule has 18 heteroatoms. The fourth-order valence-electron chi connectivity index (χ4n) is 3.72. The molecule has 1 fully saturated rings. The summed E-state index contributed by atoms with van der Waals surface area (Å²) in [6.45, 7) is 4.07. The number of thioether (sulfide) groups is 2. The molecule has 4 heterocycles. The summed E-state index contributed by atoms with van der Waals surface area (Å²) in [6, 6.07) is 0.495. The number of hydrogen-bond donors (Lipinski definition) is 4. The van der Waals surface area contributed by atoms with E-state index in [9.17, 15) is 19.5 Å². The molecule has 2 amide bonds. The van der Waals surface area contributed by atoms with Gasteiger partial charge in [-0.3, -0.25) is 14.5 Å². The van der Waals surface area contributed by atoms with Crippen molar-refractivity contribution in [1.29, 1.82) is 0 Å². The van der Waals surface area contributed by atoms with Gasteiger partial charge in [0.15, 0.2) is 5.13 Å². The lowest BCUT2D eigenvalue weighted by atomic mass is 10.0. The molecule has 0 aliphatic carbocycles. The Balaban J connectivity index is 1.52. The van der Waals surface area contributed by atoms with Crippen LogP contribution in [-0.2, 0) is 25.8 Å². The molecule has 2 aromatic rings. The molecule has 1 unspecified atom stereocenters. The zero-order valence-electron chi connectivity index (χ0n) is 19.8. The topological polar surface area (TPSA) is 232 Å². The van der Waals surface area contributed by atoms with Crippen LogP contribution in [0.15, 0.2) is 40.3 Å². The average Bonchev–Trinajstić information content (AvgIpc) is 3.31. The SMILES string of the molecule is C=CC[n+]1c(N)cc(N)nc1SCC1=C(C(=O)[O-])N2C(=O)C(NC(=O)/C(=N\OC)c3nsc(N)n3)[C@H]2SC1. The highest BCUT2D eigenvalue weighted by atomic mass is 32.2. The molecular formula is C20H22N10O5S3. The van der Waals surface area contributed by atoms with Gasteiger partial charge in [0, 0.05) is 23.0 Å². The number of fused-ring (bicyclic) bond motifs is 1. The number of aromatic nitrogens is 4. The number of carbonyl (C=O) groups excluding carboxylic acids is 3. The van der Waals surface area contributed by atoms with E-state index in [0.29, 0.717) is 23.1 Å². The van der Waals surface area contributed by atoms with Gasteiger partial charge in [-0.2, -0.15) is 9.36 Å². The number of hydrogen-bond acceptors (Lipinski definition) is 15. The molecule has 0 aromatic carbocycles. The summed E-state index contributed by atoms with van der Waals surface area (Å²) < 4.78 is 5.61. The third-order valence-corrected chi connectivity index (χ3v) is 8.27. The lowest BCUT2D eigenvalue weighted by molar-refractivity contribution is -0.713. The quantitative estimate of drug-likeness (QED) is 0.0442. The lowest BCUT2D eigenvalue weighted by Crippen LogP contribution is -2.71. The number of nitrogen functional groups attached to an aromatic ring is 3. The van der Waals surface area contributed by atoms with E-state index in [-0.39, 0.29) is 39.7 Å². The van der Waals surface area contributed by atoms with Crippen LogP contribution in [0.3, 0.4) is 0 Å². The Labute approximate surface area is 228 Å². The highest BCUT2D eigenvalue weighted by molar-refractivity contribution is 8.01. The number of nitrogens with one attached hydrogen (secondary N) is 1. The first-order valence-electron chi connectivity index (χ1n) is 10.7. The number of oxime groups is 1. The molecule has 4 rings (SSSR count). The maximum atomic E-state index is 13.0. The van der Waals surface area contributed by atoms with Gasteiger partial charge in [-0.25, -0.2) is 4.57 Å². The molecule has 0 saturated carbocycles. The van der Waals surface area contributed by atoms with Gasteiger partial charge in [0.05, 0.1) is 24.3 Å². The van der Waals surface area contributed by atoms with E-state index >= 15 is 0 Å². The van der Waals surface area contributed by atoms with Crippen molar-refractivity contribution >= 4 is 75.3 Å². The fraction of sp³-hybridized carbons (Fsp3) is 0.300. The number of carbonyl (C=O) groups is 3. The van der Waals surface area contributed by atoms with E-state index in [0.717, 1.165) is 16.4 Å². The van der Waals surface area contributed by atoms with Gasteiger partial charge in [-0.05, 0) is 17.3 Å². The number of nitrogens with two attached hydrogens (primary N) is 3. The van der Waals surface area contributed by atoms with Crippen LogP contribution in [0.1, 0.15) is 5.82 Å². The minimum absolute atomic E-state index is 0.0640. The molecule has 1 saturated heterocycles. The number of carboxylic acid groups (broad SMARTS) is 1. The minimum Gasteiger partial charge on any atom is -0.543 e. The summed E-state index contributed by atoms with van der Waals surface area (Å²) in [5.74, 6) is -1.94. The van der Waals surface area contributed by atoms with Crippen molar-refractivity contribution in [2.75, 3.05) is 35.8 Å². The van der Waals surface area contributed by atoms with Crippen LogP contribution in [0.5, 0.6) is 0 Å². The standard InChI is InChI=1S/C20H22N10O5S3/c1-3-4-29-10(22)5-9(21)24-20(29)37-7-8-6-36-17-12(16(32)30(17)13(8)18(33)34)25-15(31)11(27-35-2)14-26-19(23)38-28-14/h3,5,12,17H,1,4,6-7H2,2H3,(H7,21,22,23,25,26,28,31,33,34)/b27-11-/t12?,17-/m1/s1. The van der Waals surface area contributed by atoms with Crippen molar-refractivity contribution in [3.63, 3.8) is 0 Å². The van der Waals surface area contributed by atoms with E-state index in [1.807, 2.05) is 0 Å². The maximum Gasteiger partial charge on any atom is 0.301 e. The van der Waals surface area contributed by atoms with Crippen molar-refractivity contribution in [2.24, 2.45) is 5.16 Å². The van der Waals surface area contributed by atoms with E-state index in [1.165, 1.54) is 36.7 Å². The second-order valence-electron chi connectivity index (χ2n) is 7.76. The van der Waals surface area contributed by atoms with E-state index in [1.54, 1.807) is 10.6 Å². The van der Waals surface area contributed by atoms with E-state index < -0.39 is 29.2 Å². The Morgan fingerprint density at radius 2 is 2.18 bits per heavy atom. The van der Waals surface area contributed by atoms with Gasteiger partial charge in [0.1, 0.15) is 18.5 Å². The molecule has 7 N–H and O–H groups in total. The largest absolute Gasteiger partial charge is 0.543 e. The first-order chi connectivity index (χ1) is 18.2. The Kier molecular flexibility index (Phi) is 8.02. The highest BCUT2D eigenvalue weighted by Gasteiger charge is 2.53. The molecule has 200 valence electrons. The van der Waals surface area contributed by atoms with Crippen LogP contribution in [0.25, 0.3) is 0 Å². The number of anilines is 3. The molecule has 2 aliphatic heterocycles. The zero-order chi connectivity index (χ0) is 27.6. The Morgan fingerprint density at radius 1 is 1.42 bits per heavy atom. The third kappa shape index (κ3) is 5.22. The van der Waals surface area contributed by atoms with Crippen LogP contribution in [0.2, 0.25) is 0 Å². The van der Waals surface area contributed by atoms with Gasteiger partial charge >= 0.3 is 5.16 Å². The molecule has 0 spiro atoms. The molecule has 2 aliphatic rings. The summed E-state index contributed by atoms with van der Waals surface area (Å²) >= 11 is 3.37. The number of allylic oxidation sites excluding steroid dienone is 1. The Hall–Kier alpha value is -3.90. The predicted molar refractivity (Wildman–Crippen MR) is 139 cm³/mol. The zero-order valence-corrected chi connectivity index (χ0v) is 22.3. The number of carboxylic acids is 1. The van der Waals surface area contributed by atoms with Crippen LogP contribution in [0.4, 0.5) is 16.8 Å². The summed E-state index contributed by atoms with van der Waals surface area (Å²) in [6.07, 6.45) is 1.64. The average molecular weight is 579 g/mol. The number of amides is 2. The first kappa shape index (κ1) is 27.1. The smallest absolute Gasteiger partial charge is 0.301 e. The number of β-lactam (4-membered cyclic amide) rings is 1. The van der Waals surface area contributed by atoms with Gasteiger partial charge in [-0.1, -0.05) is 22.8 Å². The molecule has 0 radical (unpaired) electrons. The highest BCUT2D eigenvalue weighted by Crippen LogP contribution is 2.41. The molecular weight excluding hydrogens is 556 g/mol. The molecule has 38 heavy (non-hydrogen) atoms. The van der Waals surface area contributed by atoms with E-state index in [4.69, 9.17) is 22.0 Å². The summed E-state index contributed by atoms with van der Waals surface area (Å²) in [7, 11) is 1.24. The van der Waals surface area contributed by atoms with Crippen molar-refractivity contribution in [3.05, 3.63) is 35.8 Å². The van der Waals surface area contributed by atoms with Crippen LogP contribution in [0, 0.1) is 0 Å².